The molecule has 0 aliphatic heterocycles. The van der Waals surface area contributed by atoms with Crippen molar-refractivity contribution in [1.82, 2.24) is 15.2 Å². The maximum absolute atomic E-state index is 4.58. The summed E-state index contributed by atoms with van der Waals surface area (Å²) in [5, 5.41) is 7.85. The summed E-state index contributed by atoms with van der Waals surface area (Å²) in [6, 6.07) is 0. The van der Waals surface area contributed by atoms with Crippen molar-refractivity contribution >= 4 is 30.2 Å². The number of aromatic nitrogens is 3. The van der Waals surface area contributed by atoms with Gasteiger partial charge in [-0.05, 0) is 0 Å². The molecule has 0 saturated heterocycles. The van der Waals surface area contributed by atoms with E-state index in [4.69, 9.17) is 0 Å². The van der Waals surface area contributed by atoms with Crippen LogP contribution in [-0.2, 0) is 5.75 Å². The topological polar surface area (TPSA) is 41.6 Å². The zero-order chi connectivity index (χ0) is 6.69. The normalized spacial score (nSPS) is 9.44. The van der Waals surface area contributed by atoms with E-state index in [0.717, 1.165) is 5.82 Å². The summed E-state index contributed by atoms with van der Waals surface area (Å²) >= 11 is 8.57. The smallest absolute Gasteiger partial charge is 0.184 e. The van der Waals surface area contributed by atoms with E-state index in [1.54, 1.807) is 0 Å². The average molecular weight is 159 g/mol. The average Bonchev–Trinajstić information content (AvgIpc) is 2.34. The molecule has 1 aromatic rings. The number of nitrogens with zero attached hydrogens (tertiary/aromatic N) is 2. The first-order valence-corrected chi connectivity index (χ1v) is 3.44. The van der Waals surface area contributed by atoms with Gasteiger partial charge in [-0.2, -0.15) is 17.7 Å². The highest BCUT2D eigenvalue weighted by atomic mass is 32.1. The second-order valence-electron chi connectivity index (χ2n) is 1.42. The van der Waals surface area contributed by atoms with Crippen LogP contribution in [0.1, 0.15) is 11.6 Å². The van der Waals surface area contributed by atoms with Crippen LogP contribution in [0.4, 0.5) is 0 Å². The fourth-order valence-corrected chi connectivity index (χ4v) is 0.680. The van der Waals surface area contributed by atoms with Gasteiger partial charge in [-0.25, -0.2) is 4.98 Å². The van der Waals surface area contributed by atoms with Gasteiger partial charge in [0.2, 0.25) is 0 Å². The molecule has 0 atom stereocenters. The molecule has 0 aromatic carbocycles. The number of rotatable bonds is 2. The van der Waals surface area contributed by atoms with E-state index in [1.807, 2.05) is 0 Å². The lowest BCUT2D eigenvalue weighted by molar-refractivity contribution is 1.03. The number of hydrogen-bond donors (Lipinski definition) is 2. The first-order valence-electron chi connectivity index (χ1n) is 2.34. The molecule has 0 spiro atoms. The molecule has 5 heteroatoms. The van der Waals surface area contributed by atoms with Crippen molar-refractivity contribution in [3.63, 3.8) is 0 Å². The summed E-state index contributed by atoms with van der Waals surface area (Å²) in [5.41, 5.74) is 0. The Hall–Kier alpha value is -0.420. The molecule has 48 valence electrons. The van der Waals surface area contributed by atoms with Crippen LogP contribution in [0.15, 0.2) is 0 Å². The lowest BCUT2D eigenvalue weighted by Gasteiger charge is -1.77. The Labute approximate surface area is 63.3 Å². The molecule has 1 heterocycles. The van der Waals surface area contributed by atoms with Crippen LogP contribution in [0.5, 0.6) is 0 Å². The standard InChI is InChI=1S/C4H5N3S2/c8-1-3-5-4(2-9)7-6-3/h1,9H,2H2,(H,5,6,7). The number of thiol groups is 1. The van der Waals surface area contributed by atoms with Gasteiger partial charge < -0.3 is 0 Å². The highest BCUT2D eigenvalue weighted by Crippen LogP contribution is 1.92. The van der Waals surface area contributed by atoms with E-state index < -0.39 is 0 Å². The zero-order valence-corrected chi connectivity index (χ0v) is 6.25. The molecule has 0 bridgehead atoms. The molecule has 0 saturated carbocycles. The summed E-state index contributed by atoms with van der Waals surface area (Å²) in [5.74, 6) is 1.86. The Kier molecular flexibility index (Phi) is 2.18. The van der Waals surface area contributed by atoms with E-state index in [1.165, 1.54) is 5.37 Å². The van der Waals surface area contributed by atoms with Crippen molar-refractivity contribution in [2.45, 2.75) is 5.75 Å². The van der Waals surface area contributed by atoms with E-state index in [9.17, 15) is 0 Å². The summed E-state index contributed by atoms with van der Waals surface area (Å²) in [4.78, 5) is 3.94. The Bertz CT molecular complexity index is 207. The van der Waals surface area contributed by atoms with Crippen molar-refractivity contribution in [3.05, 3.63) is 11.6 Å². The van der Waals surface area contributed by atoms with Gasteiger partial charge in [0.25, 0.3) is 0 Å². The molecule has 0 fully saturated rings. The highest BCUT2D eigenvalue weighted by Gasteiger charge is 1.94. The van der Waals surface area contributed by atoms with Gasteiger partial charge in [0.1, 0.15) is 5.82 Å². The van der Waals surface area contributed by atoms with Crippen molar-refractivity contribution < 1.29 is 0 Å². The quantitative estimate of drug-likeness (QED) is 0.490. The molecule has 1 N–H and O–H groups in total. The number of hydrogen-bond acceptors (Lipinski definition) is 4. The van der Waals surface area contributed by atoms with Crippen molar-refractivity contribution in [2.24, 2.45) is 0 Å². The van der Waals surface area contributed by atoms with Crippen molar-refractivity contribution in [1.29, 1.82) is 0 Å². The van der Waals surface area contributed by atoms with Crippen LogP contribution in [0, 0.1) is 0 Å². The maximum atomic E-state index is 4.58. The van der Waals surface area contributed by atoms with Gasteiger partial charge in [-0.15, -0.1) is 0 Å². The molecular formula is C4H5N3S2. The van der Waals surface area contributed by atoms with Crippen molar-refractivity contribution in [2.75, 3.05) is 0 Å². The minimum Gasteiger partial charge on any atom is -0.262 e. The number of nitrogens with one attached hydrogen (secondary N) is 1. The van der Waals surface area contributed by atoms with Crippen LogP contribution >= 0.6 is 24.8 Å². The summed E-state index contributed by atoms with van der Waals surface area (Å²) in [6.07, 6.45) is 0. The van der Waals surface area contributed by atoms with Crippen LogP contribution in [0.3, 0.4) is 0 Å². The molecule has 3 nitrogen and oxygen atoms in total. The Balaban J connectivity index is 2.86. The van der Waals surface area contributed by atoms with E-state index in [2.05, 4.69) is 40.0 Å². The highest BCUT2D eigenvalue weighted by molar-refractivity contribution is 7.79. The molecule has 0 radical (unpaired) electrons. The molecule has 1 rings (SSSR count). The van der Waals surface area contributed by atoms with Gasteiger partial charge >= 0.3 is 0 Å². The molecule has 0 aliphatic carbocycles. The molecule has 0 aliphatic rings. The number of H-pyrrole nitrogens is 1. The zero-order valence-electron chi connectivity index (χ0n) is 4.53. The molecule has 0 unspecified atom stereocenters. The van der Waals surface area contributed by atoms with Crippen LogP contribution in [-0.4, -0.2) is 20.5 Å². The fourth-order valence-electron chi connectivity index (χ4n) is 0.433. The Morgan fingerprint density at radius 2 is 2.56 bits per heavy atom. The Morgan fingerprint density at radius 1 is 1.78 bits per heavy atom. The van der Waals surface area contributed by atoms with Gasteiger partial charge in [0, 0.05) is 5.37 Å². The second kappa shape index (κ2) is 2.93. The molecule has 1 aromatic heterocycles. The molecular weight excluding hydrogens is 154 g/mol. The third-order valence-electron chi connectivity index (χ3n) is 0.804. The first-order chi connectivity index (χ1) is 4.36. The molecule has 9 heavy (non-hydrogen) atoms. The van der Waals surface area contributed by atoms with Gasteiger partial charge in [-0.1, -0.05) is 12.2 Å². The lowest BCUT2D eigenvalue weighted by Crippen LogP contribution is -1.80. The van der Waals surface area contributed by atoms with Gasteiger partial charge in [0.15, 0.2) is 5.82 Å². The summed E-state index contributed by atoms with van der Waals surface area (Å²) in [6.45, 7) is 0. The first kappa shape index (κ1) is 6.70. The minimum absolute atomic E-state index is 0.550. The fraction of sp³-hybridized carbons (Fsp3) is 0.250. The molecule has 0 amide bonds. The predicted octanol–water partition coefficient (Wildman–Crippen LogP) is 0.582. The minimum atomic E-state index is 0.550. The van der Waals surface area contributed by atoms with E-state index >= 15 is 0 Å². The van der Waals surface area contributed by atoms with Crippen molar-refractivity contribution in [3.8, 4) is 0 Å². The monoisotopic (exact) mass is 159 g/mol. The third-order valence-corrected chi connectivity index (χ3v) is 1.31. The van der Waals surface area contributed by atoms with Crippen LogP contribution in [0.2, 0.25) is 0 Å². The lowest BCUT2D eigenvalue weighted by atomic mass is 10.7. The van der Waals surface area contributed by atoms with Crippen LogP contribution < -0.4 is 0 Å². The second-order valence-corrected chi connectivity index (χ2v) is 1.97. The SMILES string of the molecule is S=Cc1n[nH]c(CS)n1. The van der Waals surface area contributed by atoms with Crippen LogP contribution in [0.25, 0.3) is 0 Å². The summed E-state index contributed by atoms with van der Waals surface area (Å²) < 4.78 is 0. The van der Waals surface area contributed by atoms with E-state index in [-0.39, 0.29) is 0 Å². The largest absolute Gasteiger partial charge is 0.262 e. The third kappa shape index (κ3) is 1.49. The predicted molar refractivity (Wildman–Crippen MR) is 41.8 cm³/mol. The summed E-state index contributed by atoms with van der Waals surface area (Å²) in [7, 11) is 0. The maximum Gasteiger partial charge on any atom is 0.184 e. The number of thiocarbonyl (C=S) groups is 1. The number of aromatic amines is 1. The Morgan fingerprint density at radius 3 is 2.89 bits per heavy atom. The van der Waals surface area contributed by atoms with E-state index in [0.29, 0.717) is 11.6 Å². The van der Waals surface area contributed by atoms with Gasteiger partial charge in [-0.3, -0.25) is 5.10 Å². The van der Waals surface area contributed by atoms with Gasteiger partial charge in [0.05, 0.1) is 5.75 Å².